The maximum atomic E-state index is 5.80. The van der Waals surface area contributed by atoms with Crippen LogP contribution in [0.25, 0.3) is 0 Å². The molecule has 0 amide bonds. The summed E-state index contributed by atoms with van der Waals surface area (Å²) in [6, 6.07) is 10.8. The summed E-state index contributed by atoms with van der Waals surface area (Å²) in [6.45, 7) is 4.86. The number of nitrogens with zero attached hydrogens (tertiary/aromatic N) is 1. The summed E-state index contributed by atoms with van der Waals surface area (Å²) in [5.41, 5.74) is 1.42. The van der Waals surface area contributed by atoms with E-state index in [9.17, 15) is 0 Å². The summed E-state index contributed by atoms with van der Waals surface area (Å²) >= 11 is 0. The Kier molecular flexibility index (Phi) is 4.67. The van der Waals surface area contributed by atoms with Gasteiger partial charge in [-0.1, -0.05) is 30.3 Å². The predicted molar refractivity (Wildman–Crippen MR) is 90.2 cm³/mol. The number of guanidine groups is 1. The van der Waals surface area contributed by atoms with Crippen LogP contribution in [0.1, 0.15) is 37.7 Å². The van der Waals surface area contributed by atoms with Crippen LogP contribution < -0.4 is 10.6 Å². The van der Waals surface area contributed by atoms with Gasteiger partial charge in [-0.25, -0.2) is 0 Å². The third kappa shape index (κ3) is 3.80. The number of hydrogen-bond acceptors (Lipinski definition) is 2. The first-order valence-corrected chi connectivity index (χ1v) is 8.34. The zero-order valence-electron chi connectivity index (χ0n) is 13.6. The molecule has 1 aromatic carbocycles. The first-order valence-electron chi connectivity index (χ1n) is 8.34. The van der Waals surface area contributed by atoms with E-state index in [-0.39, 0.29) is 5.60 Å². The average Bonchev–Trinajstić information content (AvgIpc) is 3.21. The summed E-state index contributed by atoms with van der Waals surface area (Å²) in [4.78, 5) is 4.32. The van der Waals surface area contributed by atoms with E-state index in [0.717, 1.165) is 44.4 Å². The number of aliphatic imine (C=N–C) groups is 1. The second kappa shape index (κ2) is 6.69. The molecule has 2 N–H and O–H groups in total. The van der Waals surface area contributed by atoms with E-state index in [0.29, 0.717) is 5.92 Å². The maximum Gasteiger partial charge on any atom is 0.191 e. The van der Waals surface area contributed by atoms with Crippen molar-refractivity contribution in [2.75, 3.05) is 26.7 Å². The molecular formula is C18H27N3O. The fraction of sp³-hybridized carbons (Fsp3) is 0.611. The molecule has 0 spiro atoms. The Labute approximate surface area is 133 Å². The molecule has 1 aliphatic carbocycles. The molecule has 4 nitrogen and oxygen atoms in total. The smallest absolute Gasteiger partial charge is 0.191 e. The van der Waals surface area contributed by atoms with Crippen LogP contribution in [-0.2, 0) is 4.74 Å². The summed E-state index contributed by atoms with van der Waals surface area (Å²) < 4.78 is 5.80. The quantitative estimate of drug-likeness (QED) is 0.649. The van der Waals surface area contributed by atoms with Gasteiger partial charge in [-0.3, -0.25) is 4.99 Å². The van der Waals surface area contributed by atoms with Crippen LogP contribution in [0, 0.1) is 5.92 Å². The SMILES string of the molecule is CN=C(NCC1CC1c1ccccc1)NCC1(C)CCCO1. The lowest BCUT2D eigenvalue weighted by Gasteiger charge is -2.24. The van der Waals surface area contributed by atoms with Crippen molar-refractivity contribution < 1.29 is 4.74 Å². The van der Waals surface area contributed by atoms with Crippen molar-refractivity contribution in [2.24, 2.45) is 10.9 Å². The van der Waals surface area contributed by atoms with Crippen molar-refractivity contribution in [1.82, 2.24) is 10.6 Å². The molecule has 0 aromatic heterocycles. The van der Waals surface area contributed by atoms with Crippen molar-refractivity contribution in [2.45, 2.75) is 37.7 Å². The molecule has 1 aliphatic heterocycles. The number of hydrogen-bond donors (Lipinski definition) is 2. The molecule has 0 radical (unpaired) electrons. The molecular weight excluding hydrogens is 274 g/mol. The van der Waals surface area contributed by atoms with Gasteiger partial charge in [-0.05, 0) is 43.6 Å². The molecule has 1 heterocycles. The van der Waals surface area contributed by atoms with Crippen molar-refractivity contribution in [3.63, 3.8) is 0 Å². The Hall–Kier alpha value is -1.55. The van der Waals surface area contributed by atoms with E-state index >= 15 is 0 Å². The maximum absolute atomic E-state index is 5.80. The highest BCUT2D eigenvalue weighted by atomic mass is 16.5. The third-order valence-electron chi connectivity index (χ3n) is 4.84. The van der Waals surface area contributed by atoms with Crippen LogP contribution in [0.2, 0.25) is 0 Å². The second-order valence-corrected chi connectivity index (χ2v) is 6.72. The van der Waals surface area contributed by atoms with Gasteiger partial charge >= 0.3 is 0 Å². The minimum absolute atomic E-state index is 0.0379. The summed E-state index contributed by atoms with van der Waals surface area (Å²) in [5.74, 6) is 2.32. The van der Waals surface area contributed by atoms with Crippen molar-refractivity contribution in [3.05, 3.63) is 35.9 Å². The summed E-state index contributed by atoms with van der Waals surface area (Å²) in [6.07, 6.45) is 3.55. The highest BCUT2D eigenvalue weighted by Gasteiger charge is 2.38. The molecule has 4 heteroatoms. The van der Waals surface area contributed by atoms with E-state index in [1.165, 1.54) is 12.0 Å². The van der Waals surface area contributed by atoms with Gasteiger partial charge in [0.05, 0.1) is 5.60 Å². The van der Waals surface area contributed by atoms with Gasteiger partial charge < -0.3 is 15.4 Å². The van der Waals surface area contributed by atoms with Crippen molar-refractivity contribution in [3.8, 4) is 0 Å². The molecule has 2 fully saturated rings. The lowest BCUT2D eigenvalue weighted by molar-refractivity contribution is 0.0243. The fourth-order valence-electron chi connectivity index (χ4n) is 3.28. The van der Waals surface area contributed by atoms with Crippen LogP contribution >= 0.6 is 0 Å². The van der Waals surface area contributed by atoms with Crippen LogP contribution in [0.3, 0.4) is 0 Å². The molecule has 3 unspecified atom stereocenters. The van der Waals surface area contributed by atoms with Gasteiger partial charge in [-0.2, -0.15) is 0 Å². The van der Waals surface area contributed by atoms with Crippen LogP contribution in [0.4, 0.5) is 0 Å². The topological polar surface area (TPSA) is 45.7 Å². The standard InChI is InChI=1S/C18H27N3O/c1-18(9-6-10-22-18)13-21-17(19-2)20-12-15-11-16(15)14-7-4-3-5-8-14/h3-5,7-8,15-16H,6,9-13H2,1-2H3,(H2,19,20,21). The molecule has 1 saturated heterocycles. The van der Waals surface area contributed by atoms with Crippen molar-refractivity contribution >= 4 is 5.96 Å². The second-order valence-electron chi connectivity index (χ2n) is 6.72. The number of nitrogens with one attached hydrogen (secondary N) is 2. The van der Waals surface area contributed by atoms with Crippen molar-refractivity contribution in [1.29, 1.82) is 0 Å². The predicted octanol–water partition coefficient (Wildman–Crippen LogP) is 2.52. The first kappa shape index (κ1) is 15.3. The summed E-state index contributed by atoms with van der Waals surface area (Å²) in [7, 11) is 1.83. The molecule has 3 rings (SSSR count). The van der Waals surface area contributed by atoms with Gasteiger partial charge in [0.2, 0.25) is 0 Å². The highest BCUT2D eigenvalue weighted by Crippen LogP contribution is 2.46. The Bertz CT molecular complexity index is 508. The molecule has 2 aliphatic rings. The number of benzene rings is 1. The lowest BCUT2D eigenvalue weighted by Crippen LogP contribution is -2.46. The average molecular weight is 301 g/mol. The van der Waals surface area contributed by atoms with Gasteiger partial charge in [0, 0.05) is 26.7 Å². The molecule has 1 saturated carbocycles. The van der Waals surface area contributed by atoms with E-state index in [1.54, 1.807) is 0 Å². The molecule has 120 valence electrons. The van der Waals surface area contributed by atoms with Crippen LogP contribution in [0.5, 0.6) is 0 Å². The van der Waals surface area contributed by atoms with E-state index < -0.39 is 0 Å². The minimum atomic E-state index is -0.0379. The normalized spacial score (nSPS) is 31.1. The van der Waals surface area contributed by atoms with Gasteiger partial charge in [-0.15, -0.1) is 0 Å². The minimum Gasteiger partial charge on any atom is -0.373 e. The van der Waals surface area contributed by atoms with E-state index in [2.05, 4.69) is 52.9 Å². The zero-order chi connectivity index (χ0) is 15.4. The zero-order valence-corrected chi connectivity index (χ0v) is 13.6. The largest absolute Gasteiger partial charge is 0.373 e. The lowest BCUT2D eigenvalue weighted by atomic mass is 10.0. The Morgan fingerprint density at radius 2 is 2.14 bits per heavy atom. The Balaban J connectivity index is 1.41. The number of ether oxygens (including phenoxy) is 1. The van der Waals surface area contributed by atoms with Gasteiger partial charge in [0.1, 0.15) is 0 Å². The molecule has 1 aromatic rings. The molecule has 3 atom stereocenters. The van der Waals surface area contributed by atoms with Gasteiger partial charge in [0.15, 0.2) is 5.96 Å². The monoisotopic (exact) mass is 301 g/mol. The first-order chi connectivity index (χ1) is 10.7. The van der Waals surface area contributed by atoms with E-state index in [1.807, 2.05) is 7.05 Å². The third-order valence-corrected chi connectivity index (χ3v) is 4.84. The Morgan fingerprint density at radius 1 is 1.32 bits per heavy atom. The summed E-state index contributed by atoms with van der Waals surface area (Å²) in [5, 5.41) is 6.86. The van der Waals surface area contributed by atoms with Gasteiger partial charge in [0.25, 0.3) is 0 Å². The highest BCUT2D eigenvalue weighted by molar-refractivity contribution is 5.79. The molecule has 0 bridgehead atoms. The Morgan fingerprint density at radius 3 is 2.82 bits per heavy atom. The van der Waals surface area contributed by atoms with Crippen LogP contribution in [-0.4, -0.2) is 38.3 Å². The van der Waals surface area contributed by atoms with E-state index in [4.69, 9.17) is 4.74 Å². The van der Waals surface area contributed by atoms with Crippen LogP contribution in [0.15, 0.2) is 35.3 Å². The number of rotatable bonds is 5. The molecule has 22 heavy (non-hydrogen) atoms. The fourth-order valence-corrected chi connectivity index (χ4v) is 3.28.